The van der Waals surface area contributed by atoms with E-state index in [0.29, 0.717) is 6.79 Å². The van der Waals surface area contributed by atoms with Gasteiger partial charge in [0.15, 0.2) is 6.79 Å². The van der Waals surface area contributed by atoms with Gasteiger partial charge in [0, 0.05) is 7.11 Å². The molecule has 2 rings (SSSR count). The predicted octanol–water partition coefficient (Wildman–Crippen LogP) is 3.37. The van der Waals surface area contributed by atoms with Crippen molar-refractivity contribution in [3.8, 4) is 5.75 Å². The monoisotopic (exact) mass is 260 g/mol. The highest BCUT2D eigenvalue weighted by Crippen LogP contribution is 2.23. The van der Waals surface area contributed by atoms with E-state index in [-0.39, 0.29) is 0 Å². The Hall–Kier alpha value is -1.32. The average molecular weight is 260 g/mol. The van der Waals surface area contributed by atoms with E-state index in [4.69, 9.17) is 9.47 Å². The second-order valence-electron chi connectivity index (χ2n) is 5.46. The Labute approximate surface area is 110 Å². The largest absolute Gasteiger partial charge is 0.468 e. The molecular weight excluding hydrogens is 240 g/mol. The van der Waals surface area contributed by atoms with E-state index in [9.17, 15) is 0 Å². The lowest BCUT2D eigenvalue weighted by Crippen LogP contribution is -2.39. The molecule has 0 radical (unpaired) electrons. The molecule has 3 heteroatoms. The summed E-state index contributed by atoms with van der Waals surface area (Å²) in [4.78, 5) is 0. The van der Waals surface area contributed by atoms with Crippen LogP contribution in [0.2, 0.25) is 19.6 Å². The second kappa shape index (κ2) is 5.12. The molecule has 0 aromatic heterocycles. The summed E-state index contributed by atoms with van der Waals surface area (Å²) in [6, 6.07) is 12.7. The quantitative estimate of drug-likeness (QED) is 0.620. The molecule has 0 spiro atoms. The highest BCUT2D eigenvalue weighted by Gasteiger charge is 2.23. The molecule has 0 atom stereocenters. The van der Waals surface area contributed by atoms with Crippen molar-refractivity contribution < 1.29 is 9.47 Å². The third-order valence-corrected chi connectivity index (χ3v) is 4.99. The van der Waals surface area contributed by atoms with E-state index in [1.807, 2.05) is 0 Å². The molecule has 0 aliphatic heterocycles. The molecule has 0 saturated carbocycles. The Kier molecular flexibility index (Phi) is 3.73. The van der Waals surface area contributed by atoms with Crippen molar-refractivity contribution in [1.29, 1.82) is 0 Å². The van der Waals surface area contributed by atoms with Crippen LogP contribution in [0.3, 0.4) is 0 Å². The smallest absolute Gasteiger partial charge is 0.188 e. The predicted molar refractivity (Wildman–Crippen MR) is 79.4 cm³/mol. The van der Waals surface area contributed by atoms with Gasteiger partial charge < -0.3 is 9.47 Å². The van der Waals surface area contributed by atoms with Crippen LogP contribution in [-0.2, 0) is 4.74 Å². The van der Waals surface area contributed by atoms with Crippen LogP contribution in [-0.4, -0.2) is 22.0 Å². The van der Waals surface area contributed by atoms with Crippen molar-refractivity contribution in [1.82, 2.24) is 0 Å². The first kappa shape index (κ1) is 13.1. The maximum absolute atomic E-state index is 5.73. The van der Waals surface area contributed by atoms with Crippen molar-refractivity contribution in [2.24, 2.45) is 0 Å². The molecule has 0 unspecified atom stereocenters. The first-order valence-electron chi connectivity index (χ1n) is 6.18. The van der Waals surface area contributed by atoms with Crippen molar-refractivity contribution in [2.75, 3.05) is 13.9 Å². The first-order valence-corrected chi connectivity index (χ1v) is 9.68. The summed E-state index contributed by atoms with van der Waals surface area (Å²) in [6.45, 7) is 7.33. The molecule has 2 aromatic carbocycles. The molecule has 0 aliphatic carbocycles. The summed E-state index contributed by atoms with van der Waals surface area (Å²) in [5, 5.41) is 3.96. The summed E-state index contributed by atoms with van der Waals surface area (Å²) in [5.41, 5.74) is 0. The normalized spacial score (nSPS) is 11.8. The molecule has 96 valence electrons. The lowest BCUT2D eigenvalue weighted by atomic mass is 10.1. The van der Waals surface area contributed by atoms with Gasteiger partial charge in [0.2, 0.25) is 0 Å². The maximum atomic E-state index is 5.73. The van der Waals surface area contributed by atoms with Crippen LogP contribution in [0.5, 0.6) is 5.75 Å². The van der Waals surface area contributed by atoms with Gasteiger partial charge in [0.1, 0.15) is 5.75 Å². The first-order chi connectivity index (χ1) is 8.54. The number of hydrogen-bond acceptors (Lipinski definition) is 2. The van der Waals surface area contributed by atoms with Gasteiger partial charge in [-0.25, -0.2) is 0 Å². The highest BCUT2D eigenvalue weighted by molar-refractivity contribution is 6.91. The molecule has 2 aromatic rings. The van der Waals surface area contributed by atoms with Crippen molar-refractivity contribution in [2.45, 2.75) is 19.6 Å². The Morgan fingerprint density at radius 2 is 1.72 bits per heavy atom. The van der Waals surface area contributed by atoms with Crippen molar-refractivity contribution in [3.05, 3.63) is 36.4 Å². The Morgan fingerprint density at radius 1 is 1.00 bits per heavy atom. The zero-order chi connectivity index (χ0) is 13.2. The molecule has 0 aliphatic rings. The van der Waals surface area contributed by atoms with Gasteiger partial charge in [-0.15, -0.1) is 0 Å². The van der Waals surface area contributed by atoms with E-state index in [1.165, 1.54) is 16.0 Å². The summed E-state index contributed by atoms with van der Waals surface area (Å²) in [6.07, 6.45) is 0. The van der Waals surface area contributed by atoms with Crippen LogP contribution < -0.4 is 9.92 Å². The van der Waals surface area contributed by atoms with Crippen LogP contribution in [0.15, 0.2) is 36.4 Å². The Bertz CT molecular complexity index is 544. The molecule has 0 heterocycles. The number of rotatable bonds is 4. The van der Waals surface area contributed by atoms with Crippen LogP contribution in [0, 0.1) is 0 Å². The third kappa shape index (κ3) is 2.57. The van der Waals surface area contributed by atoms with Gasteiger partial charge in [-0.05, 0) is 22.0 Å². The maximum Gasteiger partial charge on any atom is 0.188 e. The fraction of sp³-hybridized carbons (Fsp3) is 0.333. The van der Waals surface area contributed by atoms with Crippen LogP contribution in [0.1, 0.15) is 0 Å². The van der Waals surface area contributed by atoms with E-state index in [2.05, 4.69) is 56.0 Å². The van der Waals surface area contributed by atoms with Gasteiger partial charge >= 0.3 is 0 Å². The molecule has 0 saturated heterocycles. The van der Waals surface area contributed by atoms with Gasteiger partial charge in [-0.3, -0.25) is 0 Å². The fourth-order valence-electron chi connectivity index (χ4n) is 2.27. The molecule has 2 nitrogen and oxygen atoms in total. The summed E-state index contributed by atoms with van der Waals surface area (Å²) >= 11 is 0. The Balaban J connectivity index is 2.63. The molecule has 0 amide bonds. The lowest BCUT2D eigenvalue weighted by molar-refractivity contribution is 0.0519. The molecule has 0 N–H and O–H groups in total. The minimum Gasteiger partial charge on any atom is -0.468 e. The number of methoxy groups -OCH3 is 1. The molecule has 18 heavy (non-hydrogen) atoms. The van der Waals surface area contributed by atoms with Crippen LogP contribution in [0.25, 0.3) is 10.8 Å². The topological polar surface area (TPSA) is 18.5 Å². The molecule has 0 fully saturated rings. The van der Waals surface area contributed by atoms with Gasteiger partial charge in [0.25, 0.3) is 0 Å². The molecular formula is C15H20O2Si. The van der Waals surface area contributed by atoms with E-state index in [1.54, 1.807) is 7.11 Å². The van der Waals surface area contributed by atoms with Gasteiger partial charge in [-0.1, -0.05) is 50.0 Å². The standard InChI is InChI=1S/C15H20O2Si/c1-16-11-17-14-10-9-12-7-5-6-8-13(12)15(14)18(2,3)4/h5-10H,11H2,1-4H3. The SMILES string of the molecule is COCOc1ccc2ccccc2c1[Si](C)(C)C. The average Bonchev–Trinajstić information content (AvgIpc) is 2.34. The minimum atomic E-state index is -1.47. The van der Waals surface area contributed by atoms with Crippen molar-refractivity contribution in [3.63, 3.8) is 0 Å². The number of benzene rings is 2. The summed E-state index contributed by atoms with van der Waals surface area (Å²) < 4.78 is 10.8. The number of fused-ring (bicyclic) bond motifs is 1. The molecule has 0 bridgehead atoms. The van der Waals surface area contributed by atoms with E-state index < -0.39 is 8.07 Å². The lowest BCUT2D eigenvalue weighted by Gasteiger charge is -2.23. The zero-order valence-corrected chi connectivity index (χ0v) is 12.5. The highest BCUT2D eigenvalue weighted by atomic mass is 28.3. The third-order valence-electron chi connectivity index (χ3n) is 2.97. The van der Waals surface area contributed by atoms with Crippen LogP contribution in [0.4, 0.5) is 0 Å². The van der Waals surface area contributed by atoms with Crippen molar-refractivity contribution >= 4 is 24.0 Å². The minimum absolute atomic E-state index is 0.301. The zero-order valence-electron chi connectivity index (χ0n) is 11.5. The second-order valence-corrected chi connectivity index (χ2v) is 10.5. The number of ether oxygens (including phenoxy) is 2. The summed E-state index contributed by atoms with van der Waals surface area (Å²) in [5.74, 6) is 0.967. The summed E-state index contributed by atoms with van der Waals surface area (Å²) in [7, 11) is 0.175. The van der Waals surface area contributed by atoms with E-state index >= 15 is 0 Å². The Morgan fingerprint density at radius 3 is 2.39 bits per heavy atom. The van der Waals surface area contributed by atoms with Gasteiger partial charge in [-0.2, -0.15) is 0 Å². The van der Waals surface area contributed by atoms with Gasteiger partial charge in [0.05, 0.1) is 8.07 Å². The van der Waals surface area contributed by atoms with E-state index in [0.717, 1.165) is 5.75 Å². The number of hydrogen-bond donors (Lipinski definition) is 0. The fourth-order valence-corrected chi connectivity index (χ4v) is 4.20. The van der Waals surface area contributed by atoms with Crippen LogP contribution >= 0.6 is 0 Å².